The van der Waals surface area contributed by atoms with Gasteiger partial charge in [0.2, 0.25) is 0 Å². The minimum Gasteiger partial charge on any atom is -0.369 e. The number of imidazole rings is 1. The van der Waals surface area contributed by atoms with Crippen molar-refractivity contribution in [1.82, 2.24) is 24.5 Å². The molecule has 6 nitrogen and oxygen atoms in total. The van der Waals surface area contributed by atoms with Gasteiger partial charge in [0.25, 0.3) is 0 Å². The van der Waals surface area contributed by atoms with Crippen LogP contribution in [0.4, 0.5) is 5.82 Å². The summed E-state index contributed by atoms with van der Waals surface area (Å²) in [5.41, 5.74) is 6.28. The highest BCUT2D eigenvalue weighted by atomic mass is 15.0. The quantitative estimate of drug-likeness (QED) is 0.585. The maximum Gasteiger partial charge on any atom is 0.129 e. The van der Waals surface area contributed by atoms with E-state index in [1.165, 1.54) is 5.56 Å². The van der Waals surface area contributed by atoms with E-state index >= 15 is 0 Å². The van der Waals surface area contributed by atoms with Crippen LogP contribution < -0.4 is 5.32 Å². The second-order valence-corrected chi connectivity index (χ2v) is 6.83. The van der Waals surface area contributed by atoms with Crippen LogP contribution in [0.25, 0.3) is 22.3 Å². The molecule has 1 N–H and O–H groups in total. The lowest BCUT2D eigenvalue weighted by Crippen LogP contribution is -2.11. The number of fused-ring (bicyclic) bond motifs is 1. The number of aryl methyl sites for hydroxylation is 2. The topological polar surface area (TPSA) is 68.5 Å². The van der Waals surface area contributed by atoms with Gasteiger partial charge in [0, 0.05) is 43.0 Å². The molecule has 0 saturated heterocycles. The van der Waals surface area contributed by atoms with E-state index in [1.54, 1.807) is 6.33 Å². The lowest BCUT2D eigenvalue weighted by molar-refractivity contribution is 0.806. The van der Waals surface area contributed by atoms with Crippen molar-refractivity contribution in [3.05, 3.63) is 66.5 Å². The number of benzene rings is 1. The SMILES string of the molecule is Cc1ccc(-c2cc(NCC(C)c3cccc4c3ncn4C)ncn2)cn1. The Bertz CT molecular complexity index is 1070. The summed E-state index contributed by atoms with van der Waals surface area (Å²) in [6.45, 7) is 4.93. The Morgan fingerprint density at radius 2 is 1.96 bits per heavy atom. The summed E-state index contributed by atoms with van der Waals surface area (Å²) in [7, 11) is 2.02. The highest BCUT2D eigenvalue weighted by molar-refractivity contribution is 5.79. The molecule has 1 unspecified atom stereocenters. The van der Waals surface area contributed by atoms with Crippen molar-refractivity contribution in [2.45, 2.75) is 19.8 Å². The third-order valence-electron chi connectivity index (χ3n) is 4.78. The predicted molar refractivity (Wildman–Crippen MR) is 108 cm³/mol. The van der Waals surface area contributed by atoms with Gasteiger partial charge in [-0.1, -0.05) is 19.1 Å². The van der Waals surface area contributed by atoms with Crippen LogP contribution in [-0.4, -0.2) is 31.0 Å². The molecule has 4 rings (SSSR count). The zero-order chi connectivity index (χ0) is 18.8. The Labute approximate surface area is 158 Å². The van der Waals surface area contributed by atoms with Crippen LogP contribution in [0, 0.1) is 6.92 Å². The molecule has 136 valence electrons. The highest BCUT2D eigenvalue weighted by Gasteiger charge is 2.12. The van der Waals surface area contributed by atoms with Gasteiger partial charge in [-0.15, -0.1) is 0 Å². The Kier molecular flexibility index (Phi) is 4.54. The maximum absolute atomic E-state index is 4.56. The number of pyridine rings is 1. The Balaban J connectivity index is 1.51. The fourth-order valence-electron chi connectivity index (χ4n) is 3.18. The van der Waals surface area contributed by atoms with Crippen molar-refractivity contribution in [3.8, 4) is 11.3 Å². The molecular weight excluding hydrogens is 336 g/mol. The molecule has 0 aliphatic rings. The number of hydrogen-bond donors (Lipinski definition) is 1. The van der Waals surface area contributed by atoms with Crippen molar-refractivity contribution in [2.24, 2.45) is 7.05 Å². The lowest BCUT2D eigenvalue weighted by Gasteiger charge is -2.14. The number of hydrogen-bond acceptors (Lipinski definition) is 5. The van der Waals surface area contributed by atoms with E-state index in [2.05, 4.69) is 50.4 Å². The lowest BCUT2D eigenvalue weighted by atomic mass is 9.99. The molecule has 0 aliphatic heterocycles. The molecule has 1 atom stereocenters. The van der Waals surface area contributed by atoms with Gasteiger partial charge in [-0.3, -0.25) is 4.98 Å². The second-order valence-electron chi connectivity index (χ2n) is 6.83. The number of nitrogens with zero attached hydrogens (tertiary/aromatic N) is 5. The average Bonchev–Trinajstić information content (AvgIpc) is 3.08. The standard InChI is InChI=1S/C21H22N6/c1-14(17-5-4-6-19-21(17)26-13-27(19)3)10-23-20-9-18(24-12-25-20)16-8-7-15(2)22-11-16/h4-9,11-14H,10H2,1-3H3,(H,23,24,25). The Morgan fingerprint density at radius 3 is 2.78 bits per heavy atom. The monoisotopic (exact) mass is 358 g/mol. The number of aromatic nitrogens is 5. The average molecular weight is 358 g/mol. The van der Waals surface area contributed by atoms with Crippen molar-refractivity contribution >= 4 is 16.9 Å². The van der Waals surface area contributed by atoms with Crippen LogP contribution in [0.2, 0.25) is 0 Å². The molecule has 1 aromatic carbocycles. The van der Waals surface area contributed by atoms with Gasteiger partial charge in [0.1, 0.15) is 12.1 Å². The fourth-order valence-corrected chi connectivity index (χ4v) is 3.18. The molecule has 3 aromatic heterocycles. The van der Waals surface area contributed by atoms with Crippen molar-refractivity contribution in [3.63, 3.8) is 0 Å². The van der Waals surface area contributed by atoms with Gasteiger partial charge in [0.05, 0.1) is 23.1 Å². The van der Waals surface area contributed by atoms with Gasteiger partial charge < -0.3 is 9.88 Å². The Morgan fingerprint density at radius 1 is 1.07 bits per heavy atom. The third-order valence-corrected chi connectivity index (χ3v) is 4.78. The van der Waals surface area contributed by atoms with Crippen LogP contribution in [-0.2, 0) is 7.05 Å². The van der Waals surface area contributed by atoms with E-state index in [0.717, 1.165) is 40.3 Å². The van der Waals surface area contributed by atoms with Gasteiger partial charge in [-0.2, -0.15) is 0 Å². The number of para-hydroxylation sites is 1. The van der Waals surface area contributed by atoms with Gasteiger partial charge in [-0.25, -0.2) is 15.0 Å². The summed E-state index contributed by atoms with van der Waals surface area (Å²) in [5.74, 6) is 1.10. The first-order valence-corrected chi connectivity index (χ1v) is 9.00. The summed E-state index contributed by atoms with van der Waals surface area (Å²) >= 11 is 0. The molecule has 0 spiro atoms. The number of rotatable bonds is 5. The molecular formula is C21H22N6. The molecule has 3 heterocycles. The predicted octanol–water partition coefficient (Wildman–Crippen LogP) is 3.95. The molecule has 0 fully saturated rings. The smallest absolute Gasteiger partial charge is 0.129 e. The number of nitrogens with one attached hydrogen (secondary N) is 1. The zero-order valence-corrected chi connectivity index (χ0v) is 15.7. The fraction of sp³-hybridized carbons (Fsp3) is 0.238. The normalized spacial score (nSPS) is 12.3. The second kappa shape index (κ2) is 7.15. The van der Waals surface area contributed by atoms with Crippen molar-refractivity contribution in [2.75, 3.05) is 11.9 Å². The van der Waals surface area contributed by atoms with Crippen molar-refractivity contribution < 1.29 is 0 Å². The van der Waals surface area contributed by atoms with Crippen LogP contribution in [0.1, 0.15) is 24.1 Å². The first-order valence-electron chi connectivity index (χ1n) is 9.00. The summed E-state index contributed by atoms with van der Waals surface area (Å²) in [6.07, 6.45) is 5.29. The summed E-state index contributed by atoms with van der Waals surface area (Å²) in [4.78, 5) is 17.6. The van der Waals surface area contributed by atoms with E-state index in [-0.39, 0.29) is 0 Å². The minimum absolute atomic E-state index is 0.294. The molecule has 4 aromatic rings. The van der Waals surface area contributed by atoms with E-state index in [1.807, 2.05) is 49.3 Å². The molecule has 0 amide bonds. The van der Waals surface area contributed by atoms with Gasteiger partial charge in [-0.05, 0) is 30.7 Å². The minimum atomic E-state index is 0.294. The van der Waals surface area contributed by atoms with Crippen LogP contribution in [0.3, 0.4) is 0 Å². The first-order chi connectivity index (χ1) is 13.1. The maximum atomic E-state index is 4.56. The van der Waals surface area contributed by atoms with E-state index in [9.17, 15) is 0 Å². The molecule has 0 bridgehead atoms. The molecule has 0 saturated carbocycles. The van der Waals surface area contributed by atoms with Crippen LogP contribution >= 0.6 is 0 Å². The summed E-state index contributed by atoms with van der Waals surface area (Å²) < 4.78 is 2.05. The van der Waals surface area contributed by atoms with Gasteiger partial charge in [0.15, 0.2) is 0 Å². The third kappa shape index (κ3) is 3.51. The van der Waals surface area contributed by atoms with E-state index < -0.39 is 0 Å². The van der Waals surface area contributed by atoms with Crippen LogP contribution in [0.5, 0.6) is 0 Å². The zero-order valence-electron chi connectivity index (χ0n) is 15.7. The molecule has 6 heteroatoms. The highest BCUT2D eigenvalue weighted by Crippen LogP contribution is 2.25. The van der Waals surface area contributed by atoms with Crippen LogP contribution in [0.15, 0.2) is 55.2 Å². The van der Waals surface area contributed by atoms with E-state index in [0.29, 0.717) is 5.92 Å². The number of anilines is 1. The first kappa shape index (κ1) is 17.1. The molecule has 0 aliphatic carbocycles. The summed E-state index contributed by atoms with van der Waals surface area (Å²) in [6, 6.07) is 12.3. The Hall–Kier alpha value is -3.28. The summed E-state index contributed by atoms with van der Waals surface area (Å²) in [5, 5.41) is 3.43. The molecule has 27 heavy (non-hydrogen) atoms. The van der Waals surface area contributed by atoms with Gasteiger partial charge >= 0.3 is 0 Å². The molecule has 0 radical (unpaired) electrons. The van der Waals surface area contributed by atoms with E-state index in [4.69, 9.17) is 0 Å². The van der Waals surface area contributed by atoms with Crippen molar-refractivity contribution in [1.29, 1.82) is 0 Å². The largest absolute Gasteiger partial charge is 0.369 e.